The molecule has 0 radical (unpaired) electrons. The van der Waals surface area contributed by atoms with Crippen molar-refractivity contribution in [2.45, 2.75) is 37.6 Å². The maximum atomic E-state index is 6.36. The van der Waals surface area contributed by atoms with E-state index in [1.54, 1.807) is 6.07 Å². The van der Waals surface area contributed by atoms with Crippen molar-refractivity contribution >= 4 is 34.2 Å². The van der Waals surface area contributed by atoms with Crippen LogP contribution in [0.25, 0.3) is 11.0 Å². The zero-order chi connectivity index (χ0) is 12.8. The van der Waals surface area contributed by atoms with E-state index in [-0.39, 0.29) is 5.54 Å². The smallest absolute Gasteiger partial charge is 0.109 e. The van der Waals surface area contributed by atoms with Gasteiger partial charge in [0, 0.05) is 12.0 Å². The number of benzene rings is 1. The molecule has 1 heterocycles. The Hall–Kier alpha value is -0.770. The van der Waals surface area contributed by atoms with Gasteiger partial charge in [-0.1, -0.05) is 36.0 Å². The first-order chi connectivity index (χ1) is 8.56. The zero-order valence-electron chi connectivity index (χ0n) is 9.97. The van der Waals surface area contributed by atoms with Crippen molar-refractivity contribution in [2.75, 3.05) is 0 Å². The summed E-state index contributed by atoms with van der Waals surface area (Å²) in [5, 5.41) is 1.08. The number of H-pyrrole nitrogens is 1. The fourth-order valence-electron chi connectivity index (χ4n) is 2.73. The number of imidazole rings is 1. The van der Waals surface area contributed by atoms with Gasteiger partial charge in [-0.2, -0.15) is 0 Å². The predicted octanol–water partition coefficient (Wildman–Crippen LogP) is 3.68. The van der Waals surface area contributed by atoms with E-state index in [0.717, 1.165) is 36.1 Å². The number of halogens is 2. The Morgan fingerprint density at radius 1 is 1.22 bits per heavy atom. The molecule has 96 valence electrons. The van der Waals surface area contributed by atoms with Crippen LogP contribution in [0, 0.1) is 0 Å². The van der Waals surface area contributed by atoms with Gasteiger partial charge >= 0.3 is 0 Å². The summed E-state index contributed by atoms with van der Waals surface area (Å²) in [6.07, 6.45) is 5.37. The highest BCUT2D eigenvalue weighted by atomic mass is 35.5. The number of nitrogens with one attached hydrogen (secondary N) is 1. The molecule has 3 N–H and O–H groups in total. The average molecular weight is 284 g/mol. The van der Waals surface area contributed by atoms with E-state index in [0.29, 0.717) is 10.0 Å². The van der Waals surface area contributed by atoms with Gasteiger partial charge in [-0.05, 0) is 25.0 Å². The van der Waals surface area contributed by atoms with Crippen molar-refractivity contribution in [3.63, 3.8) is 0 Å². The molecule has 0 aliphatic heterocycles. The van der Waals surface area contributed by atoms with E-state index in [1.807, 2.05) is 6.07 Å². The van der Waals surface area contributed by atoms with Crippen LogP contribution in [0.3, 0.4) is 0 Å². The lowest BCUT2D eigenvalue weighted by atomic mass is 9.94. The first kappa shape index (κ1) is 12.3. The molecular formula is C13H15Cl2N3. The molecule has 0 unspecified atom stereocenters. The highest BCUT2D eigenvalue weighted by molar-refractivity contribution is 6.42. The van der Waals surface area contributed by atoms with Gasteiger partial charge in [0.1, 0.15) is 5.82 Å². The summed E-state index contributed by atoms with van der Waals surface area (Å²) in [5.74, 6) is 0.924. The van der Waals surface area contributed by atoms with E-state index in [4.69, 9.17) is 28.9 Å². The van der Waals surface area contributed by atoms with Crippen LogP contribution < -0.4 is 5.73 Å². The SMILES string of the molecule is NC1(Cc2nc3cc(Cl)c(Cl)cc3[nH]2)CCCC1. The largest absolute Gasteiger partial charge is 0.342 e. The number of aromatic amines is 1. The zero-order valence-corrected chi connectivity index (χ0v) is 11.5. The third-order valence-corrected chi connectivity index (χ3v) is 4.41. The molecule has 5 heteroatoms. The highest BCUT2D eigenvalue weighted by Gasteiger charge is 2.30. The molecule has 3 nitrogen and oxygen atoms in total. The molecule has 1 aromatic heterocycles. The Bertz CT molecular complexity index is 546. The van der Waals surface area contributed by atoms with Crippen molar-refractivity contribution in [2.24, 2.45) is 5.73 Å². The molecule has 1 saturated carbocycles. The first-order valence-electron chi connectivity index (χ1n) is 6.18. The molecule has 0 amide bonds. The normalized spacial score (nSPS) is 18.6. The molecule has 0 atom stereocenters. The second-order valence-electron chi connectivity index (χ2n) is 5.21. The van der Waals surface area contributed by atoms with Crippen LogP contribution >= 0.6 is 23.2 Å². The van der Waals surface area contributed by atoms with E-state index < -0.39 is 0 Å². The fraction of sp³-hybridized carbons (Fsp3) is 0.462. The van der Waals surface area contributed by atoms with Crippen molar-refractivity contribution in [3.05, 3.63) is 28.0 Å². The van der Waals surface area contributed by atoms with Crippen molar-refractivity contribution in [1.82, 2.24) is 9.97 Å². The number of hydrogen-bond acceptors (Lipinski definition) is 2. The highest BCUT2D eigenvalue weighted by Crippen LogP contribution is 2.31. The summed E-state index contributed by atoms with van der Waals surface area (Å²) in [6, 6.07) is 3.60. The van der Waals surface area contributed by atoms with Gasteiger partial charge in [0.15, 0.2) is 0 Å². The summed E-state index contributed by atoms with van der Waals surface area (Å²) in [7, 11) is 0. The van der Waals surface area contributed by atoms with Gasteiger partial charge in [-0.15, -0.1) is 0 Å². The molecule has 3 rings (SSSR count). The predicted molar refractivity (Wildman–Crippen MR) is 75.2 cm³/mol. The number of rotatable bonds is 2. The topological polar surface area (TPSA) is 54.7 Å². The maximum Gasteiger partial charge on any atom is 0.109 e. The van der Waals surface area contributed by atoms with Crippen LogP contribution in [-0.2, 0) is 6.42 Å². The summed E-state index contributed by atoms with van der Waals surface area (Å²) < 4.78 is 0. The van der Waals surface area contributed by atoms with E-state index in [2.05, 4.69) is 9.97 Å². The third kappa shape index (κ3) is 2.22. The quantitative estimate of drug-likeness (QED) is 0.883. The molecule has 1 fully saturated rings. The molecule has 2 aromatic rings. The molecule has 1 aliphatic rings. The number of aromatic nitrogens is 2. The van der Waals surface area contributed by atoms with Gasteiger partial charge in [0.05, 0.1) is 21.1 Å². The average Bonchev–Trinajstić information content (AvgIpc) is 2.86. The van der Waals surface area contributed by atoms with Gasteiger partial charge in [-0.3, -0.25) is 0 Å². The van der Waals surface area contributed by atoms with E-state index >= 15 is 0 Å². The lowest BCUT2D eigenvalue weighted by molar-refractivity contribution is 0.428. The Balaban J connectivity index is 1.93. The Morgan fingerprint density at radius 3 is 2.61 bits per heavy atom. The van der Waals surface area contributed by atoms with Crippen LogP contribution in [0.5, 0.6) is 0 Å². The van der Waals surface area contributed by atoms with Crippen LogP contribution in [0.4, 0.5) is 0 Å². The minimum atomic E-state index is -0.0958. The van der Waals surface area contributed by atoms with Gasteiger partial charge in [0.2, 0.25) is 0 Å². The summed E-state index contributed by atoms with van der Waals surface area (Å²) in [4.78, 5) is 7.83. The number of fused-ring (bicyclic) bond motifs is 1. The minimum Gasteiger partial charge on any atom is -0.342 e. The maximum absolute atomic E-state index is 6.36. The Labute approximate surface area is 116 Å². The van der Waals surface area contributed by atoms with Crippen LogP contribution in [0.1, 0.15) is 31.5 Å². The fourth-order valence-corrected chi connectivity index (χ4v) is 3.05. The van der Waals surface area contributed by atoms with Crippen LogP contribution in [0.15, 0.2) is 12.1 Å². The Kier molecular flexibility index (Phi) is 3.00. The second kappa shape index (κ2) is 4.41. The second-order valence-corrected chi connectivity index (χ2v) is 6.03. The summed E-state index contributed by atoms with van der Waals surface area (Å²) in [6.45, 7) is 0. The van der Waals surface area contributed by atoms with Crippen LogP contribution in [-0.4, -0.2) is 15.5 Å². The van der Waals surface area contributed by atoms with Gasteiger partial charge < -0.3 is 10.7 Å². The third-order valence-electron chi connectivity index (χ3n) is 3.69. The molecule has 1 aliphatic carbocycles. The number of nitrogens with two attached hydrogens (primary N) is 1. The molecule has 1 aromatic carbocycles. The van der Waals surface area contributed by atoms with Gasteiger partial charge in [0.25, 0.3) is 0 Å². The summed E-state index contributed by atoms with van der Waals surface area (Å²) >= 11 is 12.0. The molecular weight excluding hydrogens is 269 g/mol. The lowest BCUT2D eigenvalue weighted by Crippen LogP contribution is -2.39. The molecule has 0 spiro atoms. The first-order valence-corrected chi connectivity index (χ1v) is 6.94. The number of hydrogen-bond donors (Lipinski definition) is 2. The molecule has 0 saturated heterocycles. The molecule has 0 bridgehead atoms. The molecule has 18 heavy (non-hydrogen) atoms. The van der Waals surface area contributed by atoms with Gasteiger partial charge in [-0.25, -0.2) is 4.98 Å². The van der Waals surface area contributed by atoms with Crippen molar-refractivity contribution in [3.8, 4) is 0 Å². The van der Waals surface area contributed by atoms with Crippen LogP contribution in [0.2, 0.25) is 10.0 Å². The minimum absolute atomic E-state index is 0.0958. The standard InChI is InChI=1S/C13H15Cl2N3/c14-8-5-10-11(6-9(8)15)18-12(17-10)7-13(16)3-1-2-4-13/h5-6H,1-4,7,16H2,(H,17,18). The van der Waals surface area contributed by atoms with Crippen molar-refractivity contribution in [1.29, 1.82) is 0 Å². The monoisotopic (exact) mass is 283 g/mol. The van der Waals surface area contributed by atoms with Crippen molar-refractivity contribution < 1.29 is 0 Å². The summed E-state index contributed by atoms with van der Waals surface area (Å²) in [5.41, 5.74) is 8.03. The van der Waals surface area contributed by atoms with E-state index in [1.165, 1.54) is 12.8 Å². The lowest BCUT2D eigenvalue weighted by Gasteiger charge is -2.21. The Morgan fingerprint density at radius 2 is 1.89 bits per heavy atom. The number of nitrogens with zero attached hydrogens (tertiary/aromatic N) is 1. The van der Waals surface area contributed by atoms with E-state index in [9.17, 15) is 0 Å².